The summed E-state index contributed by atoms with van der Waals surface area (Å²) in [5.74, 6) is 0.154. The van der Waals surface area contributed by atoms with Crippen molar-refractivity contribution in [3.05, 3.63) is 142 Å². The molecule has 8 heteroatoms. The number of hydrogen-bond acceptors (Lipinski definition) is 7. The van der Waals surface area contributed by atoms with Crippen LogP contribution in [0.25, 0.3) is 0 Å². The Labute approximate surface area is 308 Å². The highest BCUT2D eigenvalue weighted by Crippen LogP contribution is 2.46. The third-order valence-electron chi connectivity index (χ3n) is 11.9. The summed E-state index contributed by atoms with van der Waals surface area (Å²) in [5.41, 5.74) is 14.6. The maximum Gasteiger partial charge on any atom is 0.170 e. The van der Waals surface area contributed by atoms with Crippen LogP contribution in [0.2, 0.25) is 0 Å². The zero-order valence-corrected chi connectivity index (χ0v) is 30.9. The predicted molar refractivity (Wildman–Crippen MR) is 204 cm³/mol. The number of hydrogen-bond donors (Lipinski definition) is 2. The van der Waals surface area contributed by atoms with Crippen molar-refractivity contribution in [2.45, 2.75) is 102 Å². The van der Waals surface area contributed by atoms with Crippen LogP contribution in [-0.4, -0.2) is 56.6 Å². The molecule has 8 nitrogen and oxygen atoms in total. The highest BCUT2D eigenvalue weighted by molar-refractivity contribution is 5.97. The van der Waals surface area contributed by atoms with Crippen LogP contribution in [-0.2, 0) is 48.2 Å². The van der Waals surface area contributed by atoms with Gasteiger partial charge < -0.3 is 20.4 Å². The zero-order valence-electron chi connectivity index (χ0n) is 30.9. The first-order valence-corrected chi connectivity index (χ1v) is 18.5. The van der Waals surface area contributed by atoms with Crippen molar-refractivity contribution in [2.75, 3.05) is 13.2 Å². The van der Waals surface area contributed by atoms with Gasteiger partial charge in [0.05, 0.1) is 35.9 Å². The van der Waals surface area contributed by atoms with E-state index in [0.29, 0.717) is 0 Å². The molecule has 2 spiro atoms. The van der Waals surface area contributed by atoms with E-state index >= 15 is 0 Å². The molecule has 270 valence electrons. The van der Waals surface area contributed by atoms with E-state index < -0.39 is 0 Å². The average Bonchev–Trinajstić information content (AvgIpc) is 3.54. The Morgan fingerprint density at radius 3 is 1.67 bits per heavy atom. The minimum Gasteiger partial charge on any atom is -0.409 e. The predicted octanol–water partition coefficient (Wildman–Crippen LogP) is 7.33. The Hall–Kier alpha value is -4.52. The molecule has 2 heterocycles. The molecule has 2 unspecified atom stereocenters. The van der Waals surface area contributed by atoms with Gasteiger partial charge in [-0.15, -0.1) is 0 Å². The second kappa shape index (κ2) is 14.1. The molecule has 4 aromatic rings. The highest BCUT2D eigenvalue weighted by Gasteiger charge is 2.53. The van der Waals surface area contributed by atoms with Gasteiger partial charge in [-0.1, -0.05) is 84.0 Å². The summed E-state index contributed by atoms with van der Waals surface area (Å²) >= 11 is 0. The lowest BCUT2D eigenvalue weighted by molar-refractivity contribution is -0.0676. The standard InChI is InChI=1S/C22H27N3O2.C22H24N2O/c1-21(2)25(14-16-6-4-3-5-7-16)22(15-27-21)11-10-17-8-9-18(20(23)24-26)12-19(17)13-22;1-21(2)24(15-17-6-4-3-5-7-17)22(16-25-21)11-10-19-9-8-18(14-23)12-20(19)13-22/h3-9,12,26H,10-11,13-15H2,1-2H3,(H2,23,24);3-9,12H,10-11,13,15-16H2,1-2H3. The van der Waals surface area contributed by atoms with Crippen LogP contribution in [0.4, 0.5) is 0 Å². The third kappa shape index (κ3) is 6.99. The number of rotatable bonds is 5. The Morgan fingerprint density at radius 2 is 1.19 bits per heavy atom. The lowest BCUT2D eigenvalue weighted by Crippen LogP contribution is -2.54. The minimum absolute atomic E-state index is 0.0143. The van der Waals surface area contributed by atoms with Crippen molar-refractivity contribution in [3.63, 3.8) is 0 Å². The summed E-state index contributed by atoms with van der Waals surface area (Å²) in [5, 5.41) is 21.4. The normalized spacial score (nSPS) is 24.9. The first-order valence-electron chi connectivity index (χ1n) is 18.5. The van der Waals surface area contributed by atoms with E-state index in [1.807, 2.05) is 12.1 Å². The van der Waals surface area contributed by atoms with Crippen LogP contribution in [0, 0.1) is 11.3 Å². The molecule has 0 bridgehead atoms. The maximum absolute atomic E-state index is 9.24. The SMILES string of the molecule is CC1(C)OCC2(CCc3ccc(/C(N)=N\O)cc3C2)N1Cc1ccccc1.CC1(C)OCC2(CCc3ccc(C#N)cc3C2)N1Cc1ccccc1. The lowest BCUT2D eigenvalue weighted by atomic mass is 9.76. The zero-order chi connectivity index (χ0) is 36.6. The maximum atomic E-state index is 9.24. The van der Waals surface area contributed by atoms with E-state index in [9.17, 15) is 5.26 Å². The molecule has 2 aliphatic heterocycles. The fourth-order valence-electron chi connectivity index (χ4n) is 9.01. The molecule has 2 saturated heterocycles. The van der Waals surface area contributed by atoms with Crippen molar-refractivity contribution >= 4 is 5.84 Å². The molecule has 2 atom stereocenters. The number of benzene rings is 4. The fraction of sp³-hybridized carbons (Fsp3) is 0.409. The van der Waals surface area contributed by atoms with E-state index in [1.54, 1.807) is 0 Å². The molecule has 4 aliphatic rings. The first-order chi connectivity index (χ1) is 25.0. The Balaban J connectivity index is 0.000000162. The second-order valence-electron chi connectivity index (χ2n) is 16.0. The van der Waals surface area contributed by atoms with Gasteiger partial charge in [0.15, 0.2) is 5.84 Å². The summed E-state index contributed by atoms with van der Waals surface area (Å²) in [4.78, 5) is 5.06. The van der Waals surface area contributed by atoms with Gasteiger partial charge >= 0.3 is 0 Å². The fourth-order valence-corrected chi connectivity index (χ4v) is 9.01. The van der Waals surface area contributed by atoms with Crippen LogP contribution in [0.15, 0.2) is 102 Å². The minimum atomic E-state index is -0.309. The molecule has 4 aromatic carbocycles. The van der Waals surface area contributed by atoms with Crippen molar-refractivity contribution in [2.24, 2.45) is 10.9 Å². The molecule has 52 heavy (non-hydrogen) atoms. The number of nitrogens with zero attached hydrogens (tertiary/aromatic N) is 4. The van der Waals surface area contributed by atoms with E-state index in [-0.39, 0.29) is 28.4 Å². The summed E-state index contributed by atoms with van der Waals surface area (Å²) in [7, 11) is 0. The lowest BCUT2D eigenvalue weighted by Gasteiger charge is -2.45. The topological polar surface area (TPSA) is 107 Å². The van der Waals surface area contributed by atoms with Gasteiger partial charge in [-0.25, -0.2) is 0 Å². The quantitative estimate of drug-likeness (QED) is 0.0974. The summed E-state index contributed by atoms with van der Waals surface area (Å²) < 4.78 is 12.5. The van der Waals surface area contributed by atoms with E-state index in [4.69, 9.17) is 20.4 Å². The molecule has 2 fully saturated rings. The van der Waals surface area contributed by atoms with Gasteiger partial charge in [-0.05, 0) is 118 Å². The van der Waals surface area contributed by atoms with Gasteiger partial charge in [0.2, 0.25) is 0 Å². The molecular formula is C44H51N5O3. The molecular weight excluding hydrogens is 647 g/mol. The number of amidine groups is 1. The van der Waals surface area contributed by atoms with Crippen LogP contribution in [0.1, 0.15) is 85.0 Å². The number of ether oxygens (including phenoxy) is 2. The molecule has 0 amide bonds. The van der Waals surface area contributed by atoms with Crippen LogP contribution >= 0.6 is 0 Å². The molecule has 2 aliphatic carbocycles. The van der Waals surface area contributed by atoms with Crippen molar-refractivity contribution in [1.82, 2.24) is 9.80 Å². The van der Waals surface area contributed by atoms with Crippen molar-refractivity contribution in [3.8, 4) is 6.07 Å². The molecule has 0 aromatic heterocycles. The number of oxime groups is 1. The van der Waals surface area contributed by atoms with E-state index in [2.05, 4.69) is 134 Å². The summed E-state index contributed by atoms with van der Waals surface area (Å²) in [6, 6.07) is 35.7. The number of nitrogens with two attached hydrogens (primary N) is 1. The summed E-state index contributed by atoms with van der Waals surface area (Å²) in [6.45, 7) is 11.9. The van der Waals surface area contributed by atoms with Gasteiger partial charge in [0.1, 0.15) is 11.4 Å². The molecule has 0 saturated carbocycles. The molecule has 0 radical (unpaired) electrons. The average molecular weight is 698 g/mol. The first kappa shape index (κ1) is 35.9. The monoisotopic (exact) mass is 697 g/mol. The van der Waals surface area contributed by atoms with Gasteiger partial charge in [-0.3, -0.25) is 9.80 Å². The molecule has 8 rings (SSSR count). The number of fused-ring (bicyclic) bond motifs is 2. The van der Waals surface area contributed by atoms with Crippen LogP contribution < -0.4 is 5.73 Å². The largest absolute Gasteiger partial charge is 0.409 e. The van der Waals surface area contributed by atoms with E-state index in [0.717, 1.165) is 76.0 Å². The Bertz CT molecular complexity index is 1970. The van der Waals surface area contributed by atoms with Gasteiger partial charge in [-0.2, -0.15) is 5.26 Å². The summed E-state index contributed by atoms with van der Waals surface area (Å²) in [6.07, 6.45) is 6.09. The van der Waals surface area contributed by atoms with Gasteiger partial charge in [0, 0.05) is 18.7 Å². The van der Waals surface area contributed by atoms with Crippen LogP contribution in [0.5, 0.6) is 0 Å². The van der Waals surface area contributed by atoms with Gasteiger partial charge in [0.25, 0.3) is 0 Å². The second-order valence-corrected chi connectivity index (χ2v) is 16.0. The van der Waals surface area contributed by atoms with Crippen LogP contribution in [0.3, 0.4) is 0 Å². The number of aryl methyl sites for hydroxylation is 2. The Kier molecular flexibility index (Phi) is 9.75. The van der Waals surface area contributed by atoms with Crippen molar-refractivity contribution < 1.29 is 14.7 Å². The van der Waals surface area contributed by atoms with Crippen molar-refractivity contribution in [1.29, 1.82) is 5.26 Å². The Morgan fingerprint density at radius 1 is 0.712 bits per heavy atom. The van der Waals surface area contributed by atoms with E-state index in [1.165, 1.54) is 33.4 Å². The smallest absolute Gasteiger partial charge is 0.170 e. The highest BCUT2D eigenvalue weighted by atomic mass is 16.5. The number of nitriles is 1. The molecule has 3 N–H and O–H groups in total. The third-order valence-corrected chi connectivity index (χ3v) is 11.9.